The summed E-state index contributed by atoms with van der Waals surface area (Å²) >= 11 is 3.00. The molecule has 1 heterocycles. The first kappa shape index (κ1) is 17.2. The number of rotatable bonds is 5. The van der Waals surface area contributed by atoms with Crippen molar-refractivity contribution in [3.8, 4) is 0 Å². The van der Waals surface area contributed by atoms with Crippen LogP contribution in [0.3, 0.4) is 0 Å². The average Bonchev–Trinajstić information content (AvgIpc) is 2.27. The van der Waals surface area contributed by atoms with E-state index in [9.17, 15) is 21.6 Å². The van der Waals surface area contributed by atoms with Crippen molar-refractivity contribution < 1.29 is 21.6 Å². The molecule has 19 heavy (non-hydrogen) atoms. The number of hydrogen-bond donors (Lipinski definition) is 0. The zero-order valence-electron chi connectivity index (χ0n) is 10.7. The van der Waals surface area contributed by atoms with Crippen molar-refractivity contribution in [2.75, 3.05) is 25.0 Å². The maximum Gasteiger partial charge on any atom is 0.402 e. The van der Waals surface area contributed by atoms with Gasteiger partial charge in [-0.1, -0.05) is 22.4 Å². The van der Waals surface area contributed by atoms with E-state index < -0.39 is 22.9 Å². The molecule has 1 fully saturated rings. The van der Waals surface area contributed by atoms with Crippen molar-refractivity contribution in [1.82, 2.24) is 8.61 Å². The van der Waals surface area contributed by atoms with Crippen molar-refractivity contribution in [1.29, 1.82) is 0 Å². The molecule has 0 amide bonds. The van der Waals surface area contributed by atoms with Crippen molar-refractivity contribution in [2.45, 2.75) is 38.4 Å². The molecule has 0 aromatic carbocycles. The van der Waals surface area contributed by atoms with E-state index in [0.29, 0.717) is 23.7 Å². The first-order chi connectivity index (χ1) is 8.68. The van der Waals surface area contributed by atoms with Crippen LogP contribution in [0.15, 0.2) is 0 Å². The van der Waals surface area contributed by atoms with Gasteiger partial charge in [-0.25, -0.2) is 0 Å². The molecule has 0 N–H and O–H groups in total. The Morgan fingerprint density at radius 1 is 1.37 bits per heavy atom. The van der Waals surface area contributed by atoms with Gasteiger partial charge in [0.2, 0.25) is 0 Å². The van der Waals surface area contributed by atoms with E-state index in [-0.39, 0.29) is 17.9 Å². The lowest BCUT2D eigenvalue weighted by Gasteiger charge is -2.36. The molecule has 114 valence electrons. The summed E-state index contributed by atoms with van der Waals surface area (Å²) in [7, 11) is -4.05. The van der Waals surface area contributed by atoms with Crippen LogP contribution >= 0.6 is 15.9 Å². The predicted octanol–water partition coefficient (Wildman–Crippen LogP) is 2.36. The largest absolute Gasteiger partial charge is 0.402 e. The van der Waals surface area contributed by atoms with Crippen molar-refractivity contribution >= 4 is 26.1 Å². The lowest BCUT2D eigenvalue weighted by molar-refractivity contribution is -0.136. The van der Waals surface area contributed by atoms with E-state index in [1.54, 1.807) is 6.92 Å². The van der Waals surface area contributed by atoms with Gasteiger partial charge < -0.3 is 0 Å². The second kappa shape index (κ2) is 6.73. The highest BCUT2D eigenvalue weighted by atomic mass is 79.9. The third-order valence-electron chi connectivity index (χ3n) is 3.05. The Bertz CT molecular complexity index is 389. The van der Waals surface area contributed by atoms with Gasteiger partial charge in [0.1, 0.15) is 6.54 Å². The third-order valence-corrected chi connectivity index (χ3v) is 5.51. The fraction of sp³-hybridized carbons (Fsp3) is 1.00. The van der Waals surface area contributed by atoms with Crippen LogP contribution in [-0.4, -0.2) is 54.2 Å². The molecule has 0 spiro atoms. The highest BCUT2D eigenvalue weighted by Gasteiger charge is 2.40. The Hall–Kier alpha value is 0.140. The summed E-state index contributed by atoms with van der Waals surface area (Å²) < 4.78 is 63.7. The van der Waals surface area contributed by atoms with Gasteiger partial charge >= 0.3 is 6.18 Å². The lowest BCUT2D eigenvalue weighted by Crippen LogP contribution is -2.52. The molecular weight excluding hydrogens is 349 g/mol. The molecule has 1 saturated heterocycles. The van der Waals surface area contributed by atoms with Crippen LogP contribution in [0, 0.1) is 0 Å². The van der Waals surface area contributed by atoms with E-state index in [1.807, 2.05) is 0 Å². The smallest absolute Gasteiger partial charge is 0.195 e. The second-order valence-electron chi connectivity index (χ2n) is 4.60. The average molecular weight is 367 g/mol. The standard InChI is InChI=1S/C10H18BrF3N2O2S/c1-9-4-2-3-6-16(9)19(17,18)15(7-5-11)8-10(12,13)14/h9H,2-8H2,1H3. The highest BCUT2D eigenvalue weighted by Crippen LogP contribution is 2.25. The van der Waals surface area contributed by atoms with Gasteiger partial charge in [-0.05, 0) is 19.8 Å². The molecule has 1 aliphatic rings. The fourth-order valence-corrected chi connectivity index (χ4v) is 4.64. The molecule has 4 nitrogen and oxygen atoms in total. The number of nitrogens with zero attached hydrogens (tertiary/aromatic N) is 2. The molecule has 0 bridgehead atoms. The van der Waals surface area contributed by atoms with Gasteiger partial charge in [0.25, 0.3) is 10.2 Å². The summed E-state index contributed by atoms with van der Waals surface area (Å²) in [6.07, 6.45) is -2.25. The summed E-state index contributed by atoms with van der Waals surface area (Å²) in [5.41, 5.74) is 0. The molecule has 0 saturated carbocycles. The van der Waals surface area contributed by atoms with Crippen LogP contribution < -0.4 is 0 Å². The van der Waals surface area contributed by atoms with Gasteiger partial charge in [-0.3, -0.25) is 0 Å². The topological polar surface area (TPSA) is 40.6 Å². The molecular formula is C10H18BrF3N2O2S. The van der Waals surface area contributed by atoms with Crippen molar-refractivity contribution in [2.24, 2.45) is 0 Å². The van der Waals surface area contributed by atoms with Gasteiger partial charge in [-0.15, -0.1) is 0 Å². The minimum Gasteiger partial charge on any atom is -0.195 e. The van der Waals surface area contributed by atoms with E-state index in [4.69, 9.17) is 0 Å². The first-order valence-electron chi connectivity index (χ1n) is 6.08. The SMILES string of the molecule is CC1CCCCN1S(=O)(=O)N(CCBr)CC(F)(F)F. The molecule has 0 aromatic heterocycles. The van der Waals surface area contributed by atoms with Crippen LogP contribution in [0.4, 0.5) is 13.2 Å². The Morgan fingerprint density at radius 3 is 2.47 bits per heavy atom. The van der Waals surface area contributed by atoms with Crippen LogP contribution in [0.5, 0.6) is 0 Å². The lowest BCUT2D eigenvalue weighted by atomic mass is 10.1. The highest BCUT2D eigenvalue weighted by molar-refractivity contribution is 9.09. The predicted molar refractivity (Wildman–Crippen MR) is 70.4 cm³/mol. The third kappa shape index (κ3) is 4.87. The summed E-state index contributed by atoms with van der Waals surface area (Å²) in [4.78, 5) is 0. The Labute approximate surface area is 120 Å². The molecule has 0 radical (unpaired) electrons. The Morgan fingerprint density at radius 2 is 2.00 bits per heavy atom. The molecule has 1 rings (SSSR count). The van der Waals surface area contributed by atoms with Gasteiger partial charge in [0, 0.05) is 24.5 Å². The number of halogens is 4. The zero-order valence-corrected chi connectivity index (χ0v) is 13.1. The quantitative estimate of drug-likeness (QED) is 0.700. The molecule has 1 aliphatic heterocycles. The van der Waals surface area contributed by atoms with Crippen LogP contribution in [0.1, 0.15) is 26.2 Å². The van der Waals surface area contributed by atoms with Crippen molar-refractivity contribution in [3.05, 3.63) is 0 Å². The molecule has 0 aliphatic carbocycles. The molecule has 0 aromatic rings. The summed E-state index contributed by atoms with van der Waals surface area (Å²) in [5, 5.41) is 0.171. The van der Waals surface area contributed by atoms with E-state index in [0.717, 1.165) is 6.42 Å². The van der Waals surface area contributed by atoms with Crippen molar-refractivity contribution in [3.63, 3.8) is 0 Å². The van der Waals surface area contributed by atoms with Crippen LogP contribution in [0.2, 0.25) is 0 Å². The fourth-order valence-electron chi connectivity index (χ4n) is 2.13. The maximum absolute atomic E-state index is 12.5. The zero-order chi connectivity index (χ0) is 14.7. The minimum absolute atomic E-state index is 0.171. The summed E-state index contributed by atoms with van der Waals surface area (Å²) in [6.45, 7) is 0.395. The maximum atomic E-state index is 12.5. The summed E-state index contributed by atoms with van der Waals surface area (Å²) in [5.74, 6) is 0. The first-order valence-corrected chi connectivity index (χ1v) is 8.60. The number of hydrogen-bond acceptors (Lipinski definition) is 2. The van der Waals surface area contributed by atoms with E-state index >= 15 is 0 Å². The Kier molecular flexibility index (Phi) is 6.09. The molecule has 1 unspecified atom stereocenters. The summed E-state index contributed by atoms with van der Waals surface area (Å²) in [6, 6.07) is -0.246. The van der Waals surface area contributed by atoms with Gasteiger partial charge in [0.15, 0.2) is 0 Å². The molecule has 9 heteroatoms. The number of alkyl halides is 4. The van der Waals surface area contributed by atoms with E-state index in [2.05, 4.69) is 15.9 Å². The Balaban J connectivity index is 2.91. The van der Waals surface area contributed by atoms with Crippen LogP contribution in [-0.2, 0) is 10.2 Å². The second-order valence-corrected chi connectivity index (χ2v) is 7.28. The van der Waals surface area contributed by atoms with Gasteiger partial charge in [0.05, 0.1) is 0 Å². The van der Waals surface area contributed by atoms with Gasteiger partial charge in [-0.2, -0.15) is 30.2 Å². The minimum atomic E-state index is -4.53. The van der Waals surface area contributed by atoms with E-state index in [1.165, 1.54) is 4.31 Å². The molecule has 1 atom stereocenters. The monoisotopic (exact) mass is 366 g/mol. The number of piperidine rings is 1. The van der Waals surface area contributed by atoms with Crippen LogP contribution in [0.25, 0.3) is 0 Å². The normalized spacial score (nSPS) is 22.9.